The lowest BCUT2D eigenvalue weighted by Crippen LogP contribution is -2.48. The van der Waals surface area contributed by atoms with Crippen molar-refractivity contribution in [1.82, 2.24) is 24.5 Å². The van der Waals surface area contributed by atoms with Gasteiger partial charge in [0.25, 0.3) is 0 Å². The number of carbonyl (C=O) groups is 1. The van der Waals surface area contributed by atoms with Crippen molar-refractivity contribution in [3.8, 4) is 11.6 Å². The van der Waals surface area contributed by atoms with Crippen LogP contribution in [0.5, 0.6) is 0 Å². The molecule has 27 heavy (non-hydrogen) atoms. The highest BCUT2D eigenvalue weighted by molar-refractivity contribution is 5.71. The minimum atomic E-state index is -0.191. The van der Waals surface area contributed by atoms with Crippen LogP contribution >= 0.6 is 0 Å². The summed E-state index contributed by atoms with van der Waals surface area (Å²) in [6.45, 7) is 5.49. The van der Waals surface area contributed by atoms with Gasteiger partial charge in [0.2, 0.25) is 11.8 Å². The van der Waals surface area contributed by atoms with Gasteiger partial charge in [0.15, 0.2) is 11.4 Å². The van der Waals surface area contributed by atoms with Crippen LogP contribution in [-0.4, -0.2) is 69.8 Å². The Hall–Kier alpha value is -3.14. The molecule has 142 valence electrons. The molecule has 1 saturated heterocycles. The molecule has 0 atom stereocenters. The Morgan fingerprint density at radius 1 is 1.30 bits per heavy atom. The molecule has 0 spiro atoms. The van der Waals surface area contributed by atoms with Crippen LogP contribution in [0.25, 0.3) is 17.2 Å². The molecule has 0 aliphatic carbocycles. The average Bonchev–Trinajstić information content (AvgIpc) is 3.32. The highest BCUT2D eigenvalue weighted by Crippen LogP contribution is 2.22. The topological polar surface area (TPSA) is 115 Å². The Bertz CT molecular complexity index is 930. The number of carbonyl (C=O) groups excluding carboxylic acids is 1. The standard InChI is InChI=1S/C17H21N7O3/c1-2-26-15(25)11-22-5-7-23(8-6-22)13-10-14-19-16(12-4-3-9-27-12)21-24(14)17(18)20-13/h3-4,9-10H,2,5-8,11H2,1H3,(H2,18,20). The van der Waals surface area contributed by atoms with E-state index in [1.165, 1.54) is 4.52 Å². The van der Waals surface area contributed by atoms with Gasteiger partial charge in [-0.2, -0.15) is 9.50 Å². The summed E-state index contributed by atoms with van der Waals surface area (Å²) in [6.07, 6.45) is 1.57. The van der Waals surface area contributed by atoms with Crippen molar-refractivity contribution in [2.45, 2.75) is 6.92 Å². The number of anilines is 2. The van der Waals surface area contributed by atoms with Crippen molar-refractivity contribution >= 4 is 23.4 Å². The number of hydrogen-bond donors (Lipinski definition) is 1. The second-order valence-electron chi connectivity index (χ2n) is 6.22. The van der Waals surface area contributed by atoms with E-state index in [1.54, 1.807) is 18.4 Å². The smallest absolute Gasteiger partial charge is 0.320 e. The molecule has 10 heteroatoms. The Morgan fingerprint density at radius 3 is 2.81 bits per heavy atom. The maximum atomic E-state index is 11.6. The van der Waals surface area contributed by atoms with E-state index in [0.717, 1.165) is 32.0 Å². The van der Waals surface area contributed by atoms with Crippen molar-refractivity contribution in [1.29, 1.82) is 0 Å². The minimum absolute atomic E-state index is 0.191. The number of ether oxygens (including phenoxy) is 1. The van der Waals surface area contributed by atoms with Gasteiger partial charge in [-0.1, -0.05) is 0 Å². The molecule has 0 radical (unpaired) electrons. The van der Waals surface area contributed by atoms with Crippen molar-refractivity contribution in [3.05, 3.63) is 24.5 Å². The van der Waals surface area contributed by atoms with E-state index >= 15 is 0 Å². The molecule has 0 amide bonds. The lowest BCUT2D eigenvalue weighted by atomic mass is 10.3. The van der Waals surface area contributed by atoms with E-state index in [-0.39, 0.29) is 11.9 Å². The van der Waals surface area contributed by atoms with Crippen LogP contribution in [0.15, 0.2) is 28.9 Å². The largest absolute Gasteiger partial charge is 0.465 e. The third kappa shape index (κ3) is 3.56. The molecular formula is C17H21N7O3. The van der Waals surface area contributed by atoms with Gasteiger partial charge in [-0.3, -0.25) is 9.69 Å². The van der Waals surface area contributed by atoms with E-state index in [9.17, 15) is 4.79 Å². The first-order valence-electron chi connectivity index (χ1n) is 8.84. The fourth-order valence-corrected chi connectivity index (χ4v) is 3.10. The summed E-state index contributed by atoms with van der Waals surface area (Å²) in [6, 6.07) is 5.43. The molecule has 0 unspecified atom stereocenters. The van der Waals surface area contributed by atoms with Crippen LogP contribution in [0.2, 0.25) is 0 Å². The van der Waals surface area contributed by atoms with E-state index in [1.807, 2.05) is 13.0 Å². The quantitative estimate of drug-likeness (QED) is 0.645. The van der Waals surface area contributed by atoms with Gasteiger partial charge in [-0.25, -0.2) is 4.98 Å². The van der Waals surface area contributed by atoms with Crippen LogP contribution in [0.4, 0.5) is 11.8 Å². The monoisotopic (exact) mass is 371 g/mol. The highest BCUT2D eigenvalue weighted by Gasteiger charge is 2.22. The number of fused-ring (bicyclic) bond motifs is 1. The first kappa shape index (κ1) is 17.3. The minimum Gasteiger partial charge on any atom is -0.465 e. The second-order valence-corrected chi connectivity index (χ2v) is 6.22. The molecule has 1 fully saturated rings. The predicted molar refractivity (Wildman–Crippen MR) is 98.2 cm³/mol. The van der Waals surface area contributed by atoms with Gasteiger partial charge in [-0.05, 0) is 19.1 Å². The van der Waals surface area contributed by atoms with Gasteiger partial charge in [0.05, 0.1) is 19.4 Å². The van der Waals surface area contributed by atoms with E-state index in [2.05, 4.69) is 24.9 Å². The molecule has 4 heterocycles. The molecule has 0 saturated carbocycles. The average molecular weight is 371 g/mol. The Kier molecular flexibility index (Phi) is 4.63. The van der Waals surface area contributed by atoms with Crippen LogP contribution < -0.4 is 10.6 Å². The van der Waals surface area contributed by atoms with E-state index in [4.69, 9.17) is 14.9 Å². The molecule has 1 aliphatic heterocycles. The summed E-state index contributed by atoms with van der Waals surface area (Å²) >= 11 is 0. The number of rotatable bonds is 5. The lowest BCUT2D eigenvalue weighted by molar-refractivity contribution is -0.144. The number of nitrogens with two attached hydrogens (primary N) is 1. The number of nitrogen functional groups attached to an aromatic ring is 1. The number of furan rings is 1. The summed E-state index contributed by atoms with van der Waals surface area (Å²) in [7, 11) is 0. The summed E-state index contributed by atoms with van der Waals surface area (Å²) in [4.78, 5) is 24.8. The summed E-state index contributed by atoms with van der Waals surface area (Å²) in [5, 5.41) is 4.35. The molecule has 3 aromatic heterocycles. The summed E-state index contributed by atoms with van der Waals surface area (Å²) < 4.78 is 11.8. The molecule has 2 N–H and O–H groups in total. The van der Waals surface area contributed by atoms with Gasteiger partial charge in [-0.15, -0.1) is 5.10 Å². The number of aromatic nitrogens is 4. The van der Waals surface area contributed by atoms with Gasteiger partial charge >= 0.3 is 5.97 Å². The Morgan fingerprint density at radius 2 is 2.11 bits per heavy atom. The van der Waals surface area contributed by atoms with Crippen molar-refractivity contribution in [3.63, 3.8) is 0 Å². The zero-order valence-electron chi connectivity index (χ0n) is 15.0. The summed E-state index contributed by atoms with van der Waals surface area (Å²) in [5.41, 5.74) is 6.69. The number of piperazine rings is 1. The SMILES string of the molecule is CCOC(=O)CN1CCN(c2cc3nc(-c4ccco4)nn3c(N)n2)CC1. The number of esters is 1. The molecule has 0 aromatic carbocycles. The van der Waals surface area contributed by atoms with Gasteiger partial charge < -0.3 is 19.8 Å². The van der Waals surface area contributed by atoms with Crippen LogP contribution in [0, 0.1) is 0 Å². The van der Waals surface area contributed by atoms with E-state index < -0.39 is 0 Å². The zero-order chi connectivity index (χ0) is 18.8. The maximum absolute atomic E-state index is 11.6. The van der Waals surface area contributed by atoms with Crippen molar-refractivity contribution < 1.29 is 13.9 Å². The molecule has 0 bridgehead atoms. The predicted octanol–water partition coefficient (Wildman–Crippen LogP) is 0.652. The first-order chi connectivity index (χ1) is 13.1. The number of nitrogens with zero attached hydrogens (tertiary/aromatic N) is 6. The van der Waals surface area contributed by atoms with Crippen molar-refractivity contribution in [2.24, 2.45) is 0 Å². The van der Waals surface area contributed by atoms with Gasteiger partial charge in [0.1, 0.15) is 5.82 Å². The maximum Gasteiger partial charge on any atom is 0.320 e. The molecular weight excluding hydrogens is 350 g/mol. The van der Waals surface area contributed by atoms with Crippen LogP contribution in [-0.2, 0) is 9.53 Å². The molecule has 1 aliphatic rings. The fourth-order valence-electron chi connectivity index (χ4n) is 3.10. The first-order valence-corrected chi connectivity index (χ1v) is 8.84. The fraction of sp³-hybridized carbons (Fsp3) is 0.412. The lowest BCUT2D eigenvalue weighted by Gasteiger charge is -2.34. The van der Waals surface area contributed by atoms with Crippen LogP contribution in [0.3, 0.4) is 0 Å². The summed E-state index contributed by atoms with van der Waals surface area (Å²) in [5.74, 6) is 1.86. The molecule has 4 rings (SSSR count). The molecule has 3 aromatic rings. The zero-order valence-corrected chi connectivity index (χ0v) is 15.0. The Balaban J connectivity index is 1.49. The third-order valence-electron chi connectivity index (χ3n) is 4.43. The highest BCUT2D eigenvalue weighted by atomic mass is 16.5. The molecule has 10 nitrogen and oxygen atoms in total. The van der Waals surface area contributed by atoms with E-state index in [0.29, 0.717) is 30.4 Å². The van der Waals surface area contributed by atoms with Crippen LogP contribution in [0.1, 0.15) is 6.92 Å². The normalized spacial score (nSPS) is 15.4. The third-order valence-corrected chi connectivity index (χ3v) is 4.43. The number of hydrogen-bond acceptors (Lipinski definition) is 9. The van der Waals surface area contributed by atoms with Crippen molar-refractivity contribution in [2.75, 3.05) is 50.0 Å². The second kappa shape index (κ2) is 7.23. The van der Waals surface area contributed by atoms with Gasteiger partial charge in [0, 0.05) is 32.2 Å². The Labute approximate surface area is 155 Å².